The first kappa shape index (κ1) is 35.1. The molecule has 0 heterocycles. The number of aryl methyl sites for hydroxylation is 1. The average Bonchev–Trinajstić information content (AvgIpc) is 3.05. The molecular weight excluding hydrogens is 559 g/mol. The van der Waals surface area contributed by atoms with Crippen LogP contribution in [0.25, 0.3) is 0 Å². The number of unbranched alkanes of at least 4 members (excludes halogenated alkanes) is 13. The fourth-order valence-corrected chi connectivity index (χ4v) is 11.0. The predicted octanol–water partition coefficient (Wildman–Crippen LogP) is 8.21. The summed E-state index contributed by atoms with van der Waals surface area (Å²) >= 11 is 0. The standard InChI is InChI=1S/C41H54P.ClH/c1-2-3-4-5-6-7-8-9-10-11-12-13-14-20-29-38-30-25-26-35-41(38)42(39-31-21-16-22-32-39,40-33-23-17-24-34-40)36-37-27-18-15-19-28-37;/h15-19,21-28,30-35H,2-14,20,29,36H2,1H3;1H/q+1;/p-1. The summed E-state index contributed by atoms with van der Waals surface area (Å²) in [5, 5.41) is 4.53. The Kier molecular flexibility index (Phi) is 16.8. The lowest BCUT2D eigenvalue weighted by Gasteiger charge is -2.29. The number of hydrogen-bond donors (Lipinski definition) is 0. The molecule has 230 valence electrons. The molecule has 0 saturated carbocycles. The van der Waals surface area contributed by atoms with Crippen molar-refractivity contribution in [2.24, 2.45) is 0 Å². The van der Waals surface area contributed by atoms with Crippen LogP contribution in [0.1, 0.15) is 108 Å². The van der Waals surface area contributed by atoms with Crippen LogP contribution in [-0.2, 0) is 12.6 Å². The zero-order valence-electron chi connectivity index (χ0n) is 26.6. The third-order valence-corrected chi connectivity index (χ3v) is 13.3. The maximum absolute atomic E-state index is 2.45. The van der Waals surface area contributed by atoms with Crippen LogP contribution in [0, 0.1) is 0 Å². The zero-order chi connectivity index (χ0) is 29.1. The molecule has 0 nitrogen and oxygen atoms in total. The lowest BCUT2D eigenvalue weighted by atomic mass is 10.0. The monoisotopic (exact) mass is 612 g/mol. The summed E-state index contributed by atoms with van der Waals surface area (Å²) in [7, 11) is -1.90. The molecule has 4 aromatic rings. The molecule has 0 aromatic heterocycles. The van der Waals surface area contributed by atoms with Crippen molar-refractivity contribution >= 4 is 23.2 Å². The predicted molar refractivity (Wildman–Crippen MR) is 189 cm³/mol. The zero-order valence-corrected chi connectivity index (χ0v) is 28.3. The highest BCUT2D eigenvalue weighted by Gasteiger charge is 2.46. The maximum Gasteiger partial charge on any atom is 0.116 e. The Bertz CT molecular complexity index is 1200. The van der Waals surface area contributed by atoms with E-state index in [-0.39, 0.29) is 12.4 Å². The van der Waals surface area contributed by atoms with Crippen LogP contribution < -0.4 is 28.3 Å². The molecular formula is C41H54ClP. The Morgan fingerprint density at radius 2 is 0.814 bits per heavy atom. The minimum absolute atomic E-state index is 0. The second-order valence-corrected chi connectivity index (χ2v) is 15.5. The summed E-state index contributed by atoms with van der Waals surface area (Å²) in [6.07, 6.45) is 21.9. The smallest absolute Gasteiger partial charge is 0.116 e. The first-order valence-corrected chi connectivity index (χ1v) is 18.9. The molecule has 0 atom stereocenters. The van der Waals surface area contributed by atoms with Crippen LogP contribution >= 0.6 is 7.26 Å². The highest BCUT2D eigenvalue weighted by molar-refractivity contribution is 7.95. The minimum atomic E-state index is -1.90. The molecule has 0 aliphatic rings. The highest BCUT2D eigenvalue weighted by atomic mass is 35.5. The van der Waals surface area contributed by atoms with Gasteiger partial charge in [-0.15, -0.1) is 0 Å². The van der Waals surface area contributed by atoms with Crippen molar-refractivity contribution in [3.05, 3.63) is 126 Å². The van der Waals surface area contributed by atoms with Crippen LogP contribution in [0.15, 0.2) is 115 Å². The summed E-state index contributed by atoms with van der Waals surface area (Å²) in [6.45, 7) is 2.30. The van der Waals surface area contributed by atoms with Gasteiger partial charge in [0.2, 0.25) is 0 Å². The first-order chi connectivity index (χ1) is 20.8. The Morgan fingerprint density at radius 1 is 0.419 bits per heavy atom. The topological polar surface area (TPSA) is 0 Å². The third kappa shape index (κ3) is 10.9. The van der Waals surface area contributed by atoms with Gasteiger partial charge in [-0.3, -0.25) is 0 Å². The molecule has 0 radical (unpaired) electrons. The molecule has 0 amide bonds. The van der Waals surface area contributed by atoms with Gasteiger partial charge in [-0.2, -0.15) is 0 Å². The van der Waals surface area contributed by atoms with Gasteiger partial charge in [0, 0.05) is 0 Å². The second-order valence-electron chi connectivity index (χ2n) is 12.1. The van der Waals surface area contributed by atoms with Crippen LogP contribution in [0.2, 0.25) is 0 Å². The molecule has 0 saturated heterocycles. The van der Waals surface area contributed by atoms with E-state index < -0.39 is 7.26 Å². The Labute approximate surface area is 270 Å². The number of rotatable bonds is 20. The summed E-state index contributed by atoms with van der Waals surface area (Å²) in [4.78, 5) is 0. The highest BCUT2D eigenvalue weighted by Crippen LogP contribution is 2.58. The van der Waals surface area contributed by atoms with E-state index >= 15 is 0 Å². The molecule has 0 bridgehead atoms. The molecule has 4 aromatic carbocycles. The lowest BCUT2D eigenvalue weighted by Crippen LogP contribution is -3.00. The van der Waals surface area contributed by atoms with Gasteiger partial charge >= 0.3 is 0 Å². The van der Waals surface area contributed by atoms with Crippen molar-refractivity contribution < 1.29 is 12.4 Å². The average molecular weight is 613 g/mol. The number of benzene rings is 4. The third-order valence-electron chi connectivity index (χ3n) is 8.86. The normalized spacial score (nSPS) is 11.3. The van der Waals surface area contributed by atoms with E-state index in [4.69, 9.17) is 0 Å². The lowest BCUT2D eigenvalue weighted by molar-refractivity contribution is -0.00000858. The Balaban J connectivity index is 0.00000506. The van der Waals surface area contributed by atoms with E-state index in [0.29, 0.717) is 0 Å². The molecule has 2 heteroatoms. The van der Waals surface area contributed by atoms with Gasteiger partial charge < -0.3 is 12.4 Å². The number of hydrogen-bond acceptors (Lipinski definition) is 0. The van der Waals surface area contributed by atoms with Gasteiger partial charge in [-0.25, -0.2) is 0 Å². The van der Waals surface area contributed by atoms with Crippen LogP contribution in [0.5, 0.6) is 0 Å². The minimum Gasteiger partial charge on any atom is -1.00 e. The summed E-state index contributed by atoms with van der Waals surface area (Å²) < 4.78 is 0. The van der Waals surface area contributed by atoms with E-state index in [9.17, 15) is 0 Å². The maximum atomic E-state index is 2.45. The first-order valence-electron chi connectivity index (χ1n) is 17.0. The van der Waals surface area contributed by atoms with E-state index in [1.807, 2.05) is 0 Å². The van der Waals surface area contributed by atoms with Crippen molar-refractivity contribution in [3.63, 3.8) is 0 Å². The van der Waals surface area contributed by atoms with E-state index in [2.05, 4.69) is 122 Å². The van der Waals surface area contributed by atoms with Gasteiger partial charge in [0.25, 0.3) is 0 Å². The Morgan fingerprint density at radius 3 is 1.30 bits per heavy atom. The summed E-state index contributed by atoms with van der Waals surface area (Å²) in [5.41, 5.74) is 2.97. The molecule has 0 N–H and O–H groups in total. The van der Waals surface area contributed by atoms with Crippen molar-refractivity contribution in [3.8, 4) is 0 Å². The molecule has 0 unspecified atom stereocenters. The number of halogens is 1. The SMILES string of the molecule is CCCCCCCCCCCCCCCCc1ccccc1[P+](Cc1ccccc1)(c1ccccc1)c1ccccc1.[Cl-]. The van der Waals surface area contributed by atoms with E-state index in [1.54, 1.807) is 10.9 Å². The molecule has 0 spiro atoms. The van der Waals surface area contributed by atoms with Gasteiger partial charge in [0.15, 0.2) is 0 Å². The van der Waals surface area contributed by atoms with Crippen molar-refractivity contribution in [1.82, 2.24) is 0 Å². The molecule has 0 fully saturated rings. The van der Waals surface area contributed by atoms with Gasteiger partial charge in [0.1, 0.15) is 23.2 Å². The van der Waals surface area contributed by atoms with Crippen molar-refractivity contribution in [2.45, 2.75) is 109 Å². The quantitative estimate of drug-likeness (QED) is 0.0697. The van der Waals surface area contributed by atoms with Gasteiger partial charge in [0.05, 0.1) is 6.16 Å². The fraction of sp³-hybridized carbons (Fsp3) is 0.415. The van der Waals surface area contributed by atoms with Gasteiger partial charge in [-0.05, 0) is 54.3 Å². The van der Waals surface area contributed by atoms with Crippen LogP contribution in [0.4, 0.5) is 0 Å². The van der Waals surface area contributed by atoms with Crippen LogP contribution in [-0.4, -0.2) is 0 Å². The van der Waals surface area contributed by atoms with E-state index in [1.165, 1.54) is 112 Å². The summed E-state index contributed by atoms with van der Waals surface area (Å²) in [5.74, 6) is 0. The molecule has 43 heavy (non-hydrogen) atoms. The largest absolute Gasteiger partial charge is 1.00 e. The molecule has 4 rings (SSSR count). The second kappa shape index (κ2) is 20.5. The summed E-state index contributed by atoms with van der Waals surface area (Å²) in [6, 6.07) is 43.3. The van der Waals surface area contributed by atoms with Crippen molar-refractivity contribution in [2.75, 3.05) is 0 Å². The molecule has 0 aliphatic heterocycles. The fourth-order valence-electron chi connectivity index (χ4n) is 6.52. The molecule has 0 aliphatic carbocycles. The van der Waals surface area contributed by atoms with Gasteiger partial charge in [-0.1, -0.05) is 175 Å². The van der Waals surface area contributed by atoms with Crippen LogP contribution in [0.3, 0.4) is 0 Å². The van der Waals surface area contributed by atoms with E-state index in [0.717, 1.165) is 6.16 Å². The Hall–Kier alpha value is -2.40. The van der Waals surface area contributed by atoms with Crippen molar-refractivity contribution in [1.29, 1.82) is 0 Å².